The number of carboxylic acid groups (broad SMARTS) is 2. The minimum Gasteiger partial charge on any atom is -0.480 e. The molecule has 0 aromatic heterocycles. The zero-order valence-electron chi connectivity index (χ0n) is 7.38. The monoisotopic (exact) mass is 229 g/mol. The van der Waals surface area contributed by atoms with Gasteiger partial charge >= 0.3 is 19.5 Å². The van der Waals surface area contributed by atoms with E-state index in [0.717, 1.165) is 6.66 Å². The highest BCUT2D eigenvalue weighted by Crippen LogP contribution is 2.26. The van der Waals surface area contributed by atoms with Gasteiger partial charge in [0.05, 0.1) is 13.1 Å². The molecule has 0 aliphatic carbocycles. The van der Waals surface area contributed by atoms with E-state index in [-0.39, 0.29) is 13.1 Å². The summed E-state index contributed by atoms with van der Waals surface area (Å²) in [5, 5.41) is 18.1. The van der Waals surface area contributed by atoms with Gasteiger partial charge in [-0.2, -0.15) is 0 Å². The summed E-state index contributed by atoms with van der Waals surface area (Å²) in [4.78, 5) is 34.7. The van der Waals surface area contributed by atoms with Crippen LogP contribution in [0.1, 0.15) is 0 Å². The SMILES string of the molecule is CP(=O)(O)O.O=C(O)CNCC(=O)O. The van der Waals surface area contributed by atoms with Gasteiger partial charge in [0.2, 0.25) is 0 Å². The van der Waals surface area contributed by atoms with Crippen LogP contribution in [-0.2, 0) is 14.2 Å². The predicted octanol–water partition coefficient (Wildman–Crippen LogP) is -1.46. The van der Waals surface area contributed by atoms with Crippen molar-refractivity contribution in [2.24, 2.45) is 0 Å². The molecule has 9 heteroatoms. The van der Waals surface area contributed by atoms with E-state index in [1.165, 1.54) is 0 Å². The van der Waals surface area contributed by atoms with Crippen LogP contribution in [0, 0.1) is 0 Å². The third kappa shape index (κ3) is 43.8. The molecule has 0 atom stereocenters. The first-order valence-electron chi connectivity index (χ1n) is 3.30. The fourth-order valence-electron chi connectivity index (χ4n) is 0.276. The Labute approximate surface area is 79.7 Å². The average molecular weight is 229 g/mol. The van der Waals surface area contributed by atoms with Gasteiger partial charge in [0.25, 0.3) is 0 Å². The fourth-order valence-corrected chi connectivity index (χ4v) is 0.276. The van der Waals surface area contributed by atoms with Crippen LogP contribution < -0.4 is 5.32 Å². The Morgan fingerprint density at radius 1 is 1.14 bits per heavy atom. The highest BCUT2D eigenvalue weighted by Gasteiger charge is 1.97. The Kier molecular flexibility index (Phi) is 8.26. The van der Waals surface area contributed by atoms with E-state index in [2.05, 4.69) is 5.32 Å². The van der Waals surface area contributed by atoms with Crippen molar-refractivity contribution in [3.8, 4) is 0 Å². The first kappa shape index (κ1) is 15.5. The Bertz CT molecular complexity index is 212. The van der Waals surface area contributed by atoms with E-state index in [0.29, 0.717) is 0 Å². The number of nitrogens with one attached hydrogen (secondary N) is 1. The Morgan fingerprint density at radius 2 is 1.36 bits per heavy atom. The summed E-state index contributed by atoms with van der Waals surface area (Å²) >= 11 is 0. The van der Waals surface area contributed by atoms with Gasteiger partial charge in [-0.05, 0) is 0 Å². The zero-order chi connectivity index (χ0) is 11.8. The molecule has 0 radical (unpaired) electrons. The van der Waals surface area contributed by atoms with Crippen molar-refractivity contribution in [1.29, 1.82) is 0 Å². The minimum absolute atomic E-state index is 0.313. The first-order valence-corrected chi connectivity index (χ1v) is 5.36. The molecule has 0 heterocycles. The molecule has 0 rings (SSSR count). The van der Waals surface area contributed by atoms with Crippen LogP contribution in [0.25, 0.3) is 0 Å². The minimum atomic E-state index is -3.64. The maximum absolute atomic E-state index is 9.73. The van der Waals surface area contributed by atoms with Gasteiger partial charge in [0, 0.05) is 6.66 Å². The van der Waals surface area contributed by atoms with Crippen LogP contribution in [0.3, 0.4) is 0 Å². The second-order valence-corrected chi connectivity index (χ2v) is 3.90. The molecule has 0 amide bonds. The molecule has 0 aliphatic heterocycles. The Hall–Kier alpha value is -0.950. The molecule has 84 valence electrons. The lowest BCUT2D eigenvalue weighted by molar-refractivity contribution is -0.137. The smallest absolute Gasteiger partial charge is 0.322 e. The van der Waals surface area contributed by atoms with Crippen LogP contribution in [0.5, 0.6) is 0 Å². The number of carboxylic acids is 2. The summed E-state index contributed by atoms with van der Waals surface area (Å²) in [6.07, 6.45) is 0. The van der Waals surface area contributed by atoms with Crippen LogP contribution in [0.4, 0.5) is 0 Å². The van der Waals surface area contributed by atoms with Crippen molar-refractivity contribution < 1.29 is 34.2 Å². The molecule has 0 fully saturated rings. The molecule has 0 unspecified atom stereocenters. The highest BCUT2D eigenvalue weighted by molar-refractivity contribution is 7.50. The summed E-state index contributed by atoms with van der Waals surface area (Å²) in [7, 11) is -3.64. The third-order valence-corrected chi connectivity index (χ3v) is 0.552. The van der Waals surface area contributed by atoms with Gasteiger partial charge in [-0.1, -0.05) is 0 Å². The lowest BCUT2D eigenvalue weighted by atomic mass is 10.6. The highest BCUT2D eigenvalue weighted by atomic mass is 31.2. The van der Waals surface area contributed by atoms with Crippen molar-refractivity contribution >= 4 is 19.5 Å². The Morgan fingerprint density at radius 3 is 1.50 bits per heavy atom. The van der Waals surface area contributed by atoms with Crippen LogP contribution in [0.15, 0.2) is 0 Å². The van der Waals surface area contributed by atoms with E-state index in [1.807, 2.05) is 0 Å². The van der Waals surface area contributed by atoms with E-state index in [1.54, 1.807) is 0 Å². The van der Waals surface area contributed by atoms with Crippen molar-refractivity contribution in [3.05, 3.63) is 0 Å². The van der Waals surface area contributed by atoms with E-state index in [4.69, 9.17) is 20.0 Å². The number of carbonyl (C=O) groups is 2. The Balaban J connectivity index is 0. The van der Waals surface area contributed by atoms with E-state index >= 15 is 0 Å². The molecule has 0 bridgehead atoms. The molecule has 14 heavy (non-hydrogen) atoms. The molecular weight excluding hydrogens is 217 g/mol. The van der Waals surface area contributed by atoms with Gasteiger partial charge < -0.3 is 20.0 Å². The van der Waals surface area contributed by atoms with Crippen LogP contribution >= 0.6 is 7.60 Å². The normalized spacial score (nSPS) is 9.93. The molecular formula is C5H12NO7P. The average Bonchev–Trinajstić information content (AvgIpc) is 1.80. The number of hydrogen-bond acceptors (Lipinski definition) is 4. The summed E-state index contributed by atoms with van der Waals surface area (Å²) in [5.74, 6) is -2.12. The molecule has 0 saturated carbocycles. The number of aliphatic carboxylic acids is 2. The number of hydrogen-bond donors (Lipinski definition) is 5. The lowest BCUT2D eigenvalue weighted by Gasteiger charge is -1.93. The van der Waals surface area contributed by atoms with Crippen molar-refractivity contribution in [2.45, 2.75) is 0 Å². The van der Waals surface area contributed by atoms with Gasteiger partial charge in [-0.15, -0.1) is 0 Å². The summed E-state index contributed by atoms with van der Waals surface area (Å²) in [6.45, 7) is 0.228. The second kappa shape index (κ2) is 7.45. The molecule has 0 aromatic carbocycles. The van der Waals surface area contributed by atoms with Crippen LogP contribution in [0.2, 0.25) is 0 Å². The predicted molar refractivity (Wildman–Crippen MR) is 46.1 cm³/mol. The largest absolute Gasteiger partial charge is 0.480 e. The third-order valence-electron chi connectivity index (χ3n) is 0.552. The molecule has 8 nitrogen and oxygen atoms in total. The van der Waals surface area contributed by atoms with Crippen LogP contribution in [-0.4, -0.2) is 51.7 Å². The lowest BCUT2D eigenvalue weighted by Crippen LogP contribution is -2.27. The summed E-state index contributed by atoms with van der Waals surface area (Å²) in [5.41, 5.74) is 0. The van der Waals surface area contributed by atoms with Crippen molar-refractivity contribution in [1.82, 2.24) is 5.32 Å². The maximum atomic E-state index is 9.73. The van der Waals surface area contributed by atoms with Gasteiger partial charge in [-0.3, -0.25) is 19.5 Å². The van der Waals surface area contributed by atoms with Gasteiger partial charge in [-0.25, -0.2) is 0 Å². The second-order valence-electron chi connectivity index (χ2n) is 2.23. The fraction of sp³-hybridized carbons (Fsp3) is 0.600. The van der Waals surface area contributed by atoms with Crippen molar-refractivity contribution in [2.75, 3.05) is 19.8 Å². The standard InChI is InChI=1S/C4H7NO4.CH5O3P/c6-3(7)1-5-2-4(8)9;1-5(2,3)4/h5H,1-2H2,(H,6,7)(H,8,9);1H3,(H2,2,3,4). The molecule has 0 saturated heterocycles. The quantitative estimate of drug-likeness (QED) is 0.368. The van der Waals surface area contributed by atoms with Gasteiger partial charge in [0.1, 0.15) is 0 Å². The maximum Gasteiger partial charge on any atom is 0.322 e. The van der Waals surface area contributed by atoms with E-state index in [9.17, 15) is 14.2 Å². The number of rotatable bonds is 4. The topological polar surface area (TPSA) is 144 Å². The molecule has 0 aromatic rings. The molecule has 0 spiro atoms. The summed E-state index contributed by atoms with van der Waals surface area (Å²) < 4.78 is 9.33. The van der Waals surface area contributed by atoms with E-state index < -0.39 is 19.5 Å². The summed E-state index contributed by atoms with van der Waals surface area (Å²) in [6, 6.07) is 0. The molecule has 0 aliphatic rings. The molecule has 5 N–H and O–H groups in total. The van der Waals surface area contributed by atoms with Gasteiger partial charge in [0.15, 0.2) is 0 Å². The first-order chi connectivity index (χ1) is 6.13. The van der Waals surface area contributed by atoms with Crippen molar-refractivity contribution in [3.63, 3.8) is 0 Å². The zero-order valence-corrected chi connectivity index (χ0v) is 8.27.